The van der Waals surface area contributed by atoms with Crippen LogP contribution in [0.5, 0.6) is 5.88 Å². The molecule has 7 heteroatoms. The first-order valence-electron chi connectivity index (χ1n) is 5.08. The predicted molar refractivity (Wildman–Crippen MR) is 67.7 cm³/mol. The van der Waals surface area contributed by atoms with Gasteiger partial charge in [-0.25, -0.2) is 4.98 Å². The summed E-state index contributed by atoms with van der Waals surface area (Å²) in [6.45, 7) is 3.77. The minimum absolute atomic E-state index is 0.0470. The van der Waals surface area contributed by atoms with Crippen LogP contribution >= 0.6 is 15.9 Å². The number of anilines is 1. The van der Waals surface area contributed by atoms with Crippen LogP contribution in [0, 0.1) is 5.92 Å². The molecular weight excluding hydrogens is 288 g/mol. The van der Waals surface area contributed by atoms with E-state index in [0.717, 1.165) is 0 Å². The molecule has 0 radical (unpaired) electrons. The lowest BCUT2D eigenvalue weighted by Gasteiger charge is -2.18. The van der Waals surface area contributed by atoms with Crippen molar-refractivity contribution in [2.75, 3.05) is 12.4 Å². The van der Waals surface area contributed by atoms with E-state index in [-0.39, 0.29) is 5.92 Å². The van der Waals surface area contributed by atoms with E-state index in [2.05, 4.69) is 31.2 Å². The summed E-state index contributed by atoms with van der Waals surface area (Å²) in [5.74, 6) is 0.313. The molecule has 0 aliphatic carbocycles. The summed E-state index contributed by atoms with van der Waals surface area (Å²) in [6.07, 6.45) is 1.55. The first-order chi connectivity index (χ1) is 7.95. The number of primary amides is 1. The zero-order valence-corrected chi connectivity index (χ0v) is 11.5. The number of amides is 1. The third-order valence-electron chi connectivity index (χ3n) is 2.16. The summed E-state index contributed by atoms with van der Waals surface area (Å²) in [6, 6.07) is -0.513. The molecule has 1 rings (SSSR count). The number of ether oxygens (including phenoxy) is 1. The lowest BCUT2D eigenvalue weighted by Crippen LogP contribution is -2.40. The van der Waals surface area contributed by atoms with E-state index in [0.29, 0.717) is 16.3 Å². The van der Waals surface area contributed by atoms with Gasteiger partial charge in [0, 0.05) is 0 Å². The molecule has 1 aromatic rings. The van der Waals surface area contributed by atoms with Crippen LogP contribution in [0.4, 0.5) is 5.95 Å². The molecule has 0 aliphatic rings. The molecule has 0 aromatic carbocycles. The van der Waals surface area contributed by atoms with Gasteiger partial charge < -0.3 is 15.8 Å². The van der Waals surface area contributed by atoms with Crippen molar-refractivity contribution >= 4 is 27.8 Å². The minimum atomic E-state index is -0.513. The molecule has 17 heavy (non-hydrogen) atoms. The number of nitrogens with two attached hydrogens (primary N) is 1. The summed E-state index contributed by atoms with van der Waals surface area (Å²) in [4.78, 5) is 19.4. The summed E-state index contributed by atoms with van der Waals surface area (Å²) < 4.78 is 5.68. The number of hydrogen-bond acceptors (Lipinski definition) is 5. The number of methoxy groups -OCH3 is 1. The highest BCUT2D eigenvalue weighted by Crippen LogP contribution is 2.22. The van der Waals surface area contributed by atoms with Gasteiger partial charge in [-0.2, -0.15) is 4.98 Å². The maximum atomic E-state index is 11.2. The minimum Gasteiger partial charge on any atom is -0.480 e. The van der Waals surface area contributed by atoms with Gasteiger partial charge in [0.25, 0.3) is 0 Å². The van der Waals surface area contributed by atoms with Crippen LogP contribution in [0.3, 0.4) is 0 Å². The van der Waals surface area contributed by atoms with E-state index < -0.39 is 11.9 Å². The second-order valence-corrected chi connectivity index (χ2v) is 4.67. The molecule has 0 spiro atoms. The molecule has 6 nitrogen and oxygen atoms in total. The second-order valence-electron chi connectivity index (χ2n) is 3.82. The average Bonchev–Trinajstić information content (AvgIpc) is 2.26. The van der Waals surface area contributed by atoms with Crippen molar-refractivity contribution in [3.8, 4) is 5.88 Å². The molecule has 94 valence electrons. The fourth-order valence-corrected chi connectivity index (χ4v) is 1.62. The molecule has 1 aromatic heterocycles. The summed E-state index contributed by atoms with van der Waals surface area (Å²) in [5.41, 5.74) is 5.29. The highest BCUT2D eigenvalue weighted by molar-refractivity contribution is 9.10. The van der Waals surface area contributed by atoms with Crippen molar-refractivity contribution in [1.29, 1.82) is 0 Å². The lowest BCUT2D eigenvalue weighted by atomic mass is 10.0. The van der Waals surface area contributed by atoms with Gasteiger partial charge in [0.05, 0.1) is 17.8 Å². The van der Waals surface area contributed by atoms with E-state index >= 15 is 0 Å². The molecule has 3 N–H and O–H groups in total. The summed E-state index contributed by atoms with van der Waals surface area (Å²) >= 11 is 3.25. The zero-order chi connectivity index (χ0) is 13.0. The first kappa shape index (κ1) is 13.7. The first-order valence-corrected chi connectivity index (χ1v) is 5.87. The Bertz CT molecular complexity index is 411. The standard InChI is InChI=1S/C10H15BrN4O2/c1-5(2)7(8(12)16)14-10-13-4-6(11)9(15-10)17-3/h4-5,7H,1-3H3,(H2,12,16)(H,13,14,15). The van der Waals surface area contributed by atoms with Crippen LogP contribution in [-0.4, -0.2) is 29.0 Å². The number of carbonyl (C=O) groups excluding carboxylic acids is 1. The number of rotatable bonds is 5. The van der Waals surface area contributed by atoms with E-state index in [1.165, 1.54) is 7.11 Å². The number of nitrogens with one attached hydrogen (secondary N) is 1. The molecule has 1 unspecified atom stereocenters. The highest BCUT2D eigenvalue weighted by atomic mass is 79.9. The fourth-order valence-electron chi connectivity index (χ4n) is 1.27. The highest BCUT2D eigenvalue weighted by Gasteiger charge is 2.20. The van der Waals surface area contributed by atoms with Crippen LogP contribution in [-0.2, 0) is 4.79 Å². The Morgan fingerprint density at radius 1 is 1.59 bits per heavy atom. The number of nitrogens with zero attached hydrogens (tertiary/aromatic N) is 2. The van der Waals surface area contributed by atoms with Gasteiger partial charge in [-0.3, -0.25) is 4.79 Å². The van der Waals surface area contributed by atoms with E-state index in [4.69, 9.17) is 10.5 Å². The maximum Gasteiger partial charge on any atom is 0.240 e. The van der Waals surface area contributed by atoms with Gasteiger partial charge in [-0.15, -0.1) is 0 Å². The van der Waals surface area contributed by atoms with Crippen LogP contribution in [0.2, 0.25) is 0 Å². The topological polar surface area (TPSA) is 90.1 Å². The zero-order valence-electron chi connectivity index (χ0n) is 9.90. The third kappa shape index (κ3) is 3.55. The monoisotopic (exact) mass is 302 g/mol. The van der Waals surface area contributed by atoms with Crippen molar-refractivity contribution in [2.24, 2.45) is 11.7 Å². The third-order valence-corrected chi connectivity index (χ3v) is 2.71. The Balaban J connectivity index is 2.90. The van der Waals surface area contributed by atoms with Crippen LogP contribution < -0.4 is 15.8 Å². The van der Waals surface area contributed by atoms with Crippen molar-refractivity contribution < 1.29 is 9.53 Å². The largest absolute Gasteiger partial charge is 0.480 e. The molecule has 1 heterocycles. The molecular formula is C10H15BrN4O2. The Morgan fingerprint density at radius 3 is 2.71 bits per heavy atom. The number of carbonyl (C=O) groups is 1. The van der Waals surface area contributed by atoms with Gasteiger partial charge in [-0.1, -0.05) is 13.8 Å². The summed E-state index contributed by atoms with van der Waals surface area (Å²) in [5, 5.41) is 2.88. The molecule has 0 bridgehead atoms. The smallest absolute Gasteiger partial charge is 0.240 e. The molecule has 1 amide bonds. The molecule has 0 saturated carbocycles. The maximum absolute atomic E-state index is 11.2. The van der Waals surface area contributed by atoms with Crippen LogP contribution in [0.25, 0.3) is 0 Å². The predicted octanol–water partition coefficient (Wildman–Crippen LogP) is 1.17. The molecule has 0 aliphatic heterocycles. The van der Waals surface area contributed by atoms with Crippen LogP contribution in [0.15, 0.2) is 10.7 Å². The Hall–Kier alpha value is -1.37. The summed E-state index contributed by atoms with van der Waals surface area (Å²) in [7, 11) is 1.50. The Labute approximate surface area is 108 Å². The fraction of sp³-hybridized carbons (Fsp3) is 0.500. The van der Waals surface area contributed by atoms with Gasteiger partial charge in [-0.05, 0) is 21.8 Å². The Kier molecular flexibility index (Phi) is 4.68. The van der Waals surface area contributed by atoms with Crippen molar-refractivity contribution in [2.45, 2.75) is 19.9 Å². The van der Waals surface area contributed by atoms with Gasteiger partial charge in [0.1, 0.15) is 6.04 Å². The normalized spacial score (nSPS) is 12.3. The quantitative estimate of drug-likeness (QED) is 0.852. The molecule has 0 saturated heterocycles. The van der Waals surface area contributed by atoms with Crippen LogP contribution in [0.1, 0.15) is 13.8 Å². The average molecular weight is 303 g/mol. The molecule has 0 fully saturated rings. The van der Waals surface area contributed by atoms with Crippen molar-refractivity contribution in [3.63, 3.8) is 0 Å². The number of halogens is 1. The SMILES string of the molecule is COc1nc(NC(C(N)=O)C(C)C)ncc1Br. The van der Waals surface area contributed by atoms with Gasteiger partial charge >= 0.3 is 0 Å². The van der Waals surface area contributed by atoms with Crippen molar-refractivity contribution in [3.05, 3.63) is 10.7 Å². The number of hydrogen-bond donors (Lipinski definition) is 2. The Morgan fingerprint density at radius 2 is 2.24 bits per heavy atom. The van der Waals surface area contributed by atoms with E-state index in [1.54, 1.807) is 6.20 Å². The van der Waals surface area contributed by atoms with E-state index in [1.807, 2.05) is 13.8 Å². The lowest BCUT2D eigenvalue weighted by molar-refractivity contribution is -0.119. The second kappa shape index (κ2) is 5.81. The van der Waals surface area contributed by atoms with Crippen molar-refractivity contribution in [1.82, 2.24) is 9.97 Å². The van der Waals surface area contributed by atoms with Gasteiger partial charge in [0.2, 0.25) is 17.7 Å². The molecule has 1 atom stereocenters. The van der Waals surface area contributed by atoms with E-state index in [9.17, 15) is 4.79 Å². The number of aromatic nitrogens is 2. The van der Waals surface area contributed by atoms with Gasteiger partial charge in [0.15, 0.2) is 0 Å².